The minimum Gasteiger partial charge on any atom is -0.485 e. The van der Waals surface area contributed by atoms with E-state index in [-0.39, 0.29) is 18.1 Å². The lowest BCUT2D eigenvalue weighted by Gasteiger charge is -2.07. The summed E-state index contributed by atoms with van der Waals surface area (Å²) >= 11 is 0. The van der Waals surface area contributed by atoms with Crippen LogP contribution in [0.5, 0.6) is 11.5 Å². The number of benzene rings is 2. The molecule has 120 valence electrons. The maximum absolute atomic E-state index is 12.0. The Morgan fingerprint density at radius 3 is 1.96 bits per heavy atom. The largest absolute Gasteiger partial charge is 0.485 e. The highest BCUT2D eigenvalue weighted by Gasteiger charge is 2.09. The number of hydrogen-bond donors (Lipinski definition) is 1. The summed E-state index contributed by atoms with van der Waals surface area (Å²) in [6.45, 7) is -3.14. The van der Waals surface area contributed by atoms with Gasteiger partial charge in [-0.3, -0.25) is 9.59 Å². The summed E-state index contributed by atoms with van der Waals surface area (Å²) < 4.78 is 33.6. The number of Topliss-reactive ketones (excluding diaryl/α,β-unsaturated/α-hetero) is 1. The summed E-state index contributed by atoms with van der Waals surface area (Å²) in [7, 11) is 0. The Morgan fingerprint density at radius 2 is 1.43 bits per heavy atom. The summed E-state index contributed by atoms with van der Waals surface area (Å²) in [5.74, 6) is -0.508. The van der Waals surface area contributed by atoms with Gasteiger partial charge in [-0.2, -0.15) is 8.78 Å². The normalized spacial score (nSPS) is 10.4. The van der Waals surface area contributed by atoms with Crippen molar-refractivity contribution in [3.05, 3.63) is 59.7 Å². The van der Waals surface area contributed by atoms with Crippen LogP contribution in [0.15, 0.2) is 48.5 Å². The first-order valence-electron chi connectivity index (χ1n) is 6.56. The molecule has 2 rings (SSSR count). The molecule has 2 aromatic carbocycles. The topological polar surface area (TPSA) is 78.6 Å². The summed E-state index contributed by atoms with van der Waals surface area (Å²) in [4.78, 5) is 22.9. The van der Waals surface area contributed by atoms with E-state index in [4.69, 9.17) is 10.5 Å². The van der Waals surface area contributed by atoms with Crippen molar-refractivity contribution in [3.63, 3.8) is 0 Å². The van der Waals surface area contributed by atoms with Crippen LogP contribution in [0, 0.1) is 0 Å². The number of carbonyl (C=O) groups excluding carboxylic acids is 2. The highest BCUT2D eigenvalue weighted by Crippen LogP contribution is 2.16. The second-order valence-corrected chi connectivity index (χ2v) is 4.50. The number of ether oxygens (including phenoxy) is 2. The molecule has 0 aromatic heterocycles. The lowest BCUT2D eigenvalue weighted by Crippen LogP contribution is -2.12. The molecule has 2 N–H and O–H groups in total. The molecule has 0 atom stereocenters. The summed E-state index contributed by atoms with van der Waals surface area (Å²) in [6.07, 6.45) is 0. The number of primary amides is 1. The van der Waals surface area contributed by atoms with E-state index in [1.54, 1.807) is 0 Å². The van der Waals surface area contributed by atoms with Crippen LogP contribution in [-0.2, 0) is 0 Å². The van der Waals surface area contributed by atoms with E-state index in [0.717, 1.165) is 0 Å². The summed E-state index contributed by atoms with van der Waals surface area (Å²) in [6, 6.07) is 11.3. The molecule has 23 heavy (non-hydrogen) atoms. The predicted molar refractivity (Wildman–Crippen MR) is 77.9 cm³/mol. The Morgan fingerprint density at radius 1 is 0.913 bits per heavy atom. The third-order valence-corrected chi connectivity index (χ3v) is 2.91. The number of alkyl halides is 2. The second kappa shape index (κ2) is 7.35. The van der Waals surface area contributed by atoms with Gasteiger partial charge in [-0.25, -0.2) is 0 Å². The molecule has 1 amide bonds. The monoisotopic (exact) mass is 321 g/mol. The molecule has 0 heterocycles. The van der Waals surface area contributed by atoms with Gasteiger partial charge < -0.3 is 15.2 Å². The fourth-order valence-electron chi connectivity index (χ4n) is 1.77. The fraction of sp³-hybridized carbons (Fsp3) is 0.125. The Hall–Kier alpha value is -2.96. The molecule has 0 aliphatic rings. The van der Waals surface area contributed by atoms with Crippen molar-refractivity contribution in [1.82, 2.24) is 0 Å². The second-order valence-electron chi connectivity index (χ2n) is 4.50. The average Bonchev–Trinajstić information content (AvgIpc) is 2.53. The molecule has 0 aliphatic heterocycles. The van der Waals surface area contributed by atoms with Gasteiger partial charge in [0, 0.05) is 11.1 Å². The Labute approximate surface area is 130 Å². The molecule has 0 spiro atoms. The predicted octanol–water partition coefficient (Wildman–Crippen LogP) is 2.65. The fourth-order valence-corrected chi connectivity index (χ4v) is 1.77. The molecule has 0 saturated carbocycles. The van der Waals surface area contributed by atoms with E-state index < -0.39 is 12.5 Å². The third kappa shape index (κ3) is 4.77. The molecule has 0 saturated heterocycles. The molecule has 0 fully saturated rings. The van der Waals surface area contributed by atoms with Gasteiger partial charge in [-0.15, -0.1) is 0 Å². The smallest absolute Gasteiger partial charge is 0.387 e. The first-order valence-corrected chi connectivity index (χ1v) is 6.56. The van der Waals surface area contributed by atoms with Gasteiger partial charge in [0.05, 0.1) is 0 Å². The van der Waals surface area contributed by atoms with Crippen molar-refractivity contribution in [3.8, 4) is 11.5 Å². The Bertz CT molecular complexity index is 684. The number of ketones is 1. The van der Waals surface area contributed by atoms with Crippen LogP contribution in [0.2, 0.25) is 0 Å². The number of halogens is 2. The van der Waals surface area contributed by atoms with Gasteiger partial charge in [-0.05, 0) is 48.5 Å². The van der Waals surface area contributed by atoms with E-state index in [2.05, 4.69) is 4.74 Å². The maximum Gasteiger partial charge on any atom is 0.387 e. The van der Waals surface area contributed by atoms with Crippen LogP contribution in [0.1, 0.15) is 20.7 Å². The Balaban J connectivity index is 1.92. The van der Waals surface area contributed by atoms with E-state index in [9.17, 15) is 18.4 Å². The molecule has 5 nitrogen and oxygen atoms in total. The quantitative estimate of drug-likeness (QED) is 0.795. The first kappa shape index (κ1) is 16.4. The molecule has 2 aromatic rings. The van der Waals surface area contributed by atoms with Crippen LogP contribution in [0.4, 0.5) is 8.78 Å². The number of hydrogen-bond acceptors (Lipinski definition) is 4. The van der Waals surface area contributed by atoms with Gasteiger partial charge in [0.15, 0.2) is 12.4 Å². The lowest BCUT2D eigenvalue weighted by atomic mass is 10.1. The highest BCUT2D eigenvalue weighted by atomic mass is 19.3. The van der Waals surface area contributed by atoms with Crippen LogP contribution < -0.4 is 15.2 Å². The van der Waals surface area contributed by atoms with E-state index in [1.165, 1.54) is 48.5 Å². The van der Waals surface area contributed by atoms with Crippen molar-refractivity contribution in [2.24, 2.45) is 5.73 Å². The van der Waals surface area contributed by atoms with E-state index in [1.807, 2.05) is 0 Å². The molecule has 7 heteroatoms. The average molecular weight is 321 g/mol. The summed E-state index contributed by atoms with van der Waals surface area (Å²) in [5.41, 5.74) is 5.75. The molecule has 0 radical (unpaired) electrons. The van der Waals surface area contributed by atoms with Crippen LogP contribution in [-0.4, -0.2) is 24.9 Å². The number of amides is 1. The van der Waals surface area contributed by atoms with Crippen LogP contribution >= 0.6 is 0 Å². The molecule has 0 aliphatic carbocycles. The number of rotatable bonds is 7. The zero-order valence-electron chi connectivity index (χ0n) is 11.9. The standard InChI is InChI=1S/C16H13F2NO4/c17-16(18)23-13-7-1-10(2-8-13)14(20)9-22-12-5-3-11(4-6-12)15(19)21/h1-8,16H,9H2,(H2,19,21). The van der Waals surface area contributed by atoms with Crippen LogP contribution in [0.3, 0.4) is 0 Å². The minimum atomic E-state index is -2.91. The highest BCUT2D eigenvalue weighted by molar-refractivity contribution is 5.97. The molecule has 0 unspecified atom stereocenters. The minimum absolute atomic E-state index is 0.0282. The zero-order chi connectivity index (χ0) is 16.8. The van der Waals surface area contributed by atoms with Gasteiger partial charge in [-0.1, -0.05) is 0 Å². The van der Waals surface area contributed by atoms with Crippen molar-refractivity contribution < 1.29 is 27.8 Å². The van der Waals surface area contributed by atoms with Crippen molar-refractivity contribution in [2.45, 2.75) is 6.61 Å². The lowest BCUT2D eigenvalue weighted by molar-refractivity contribution is -0.0498. The maximum atomic E-state index is 12.0. The Kier molecular flexibility index (Phi) is 5.24. The first-order chi connectivity index (χ1) is 11.0. The summed E-state index contributed by atoms with van der Waals surface area (Å²) in [5, 5.41) is 0. The SMILES string of the molecule is NC(=O)c1ccc(OCC(=O)c2ccc(OC(F)F)cc2)cc1. The van der Waals surface area contributed by atoms with E-state index in [0.29, 0.717) is 16.9 Å². The molecular formula is C16H13F2NO4. The van der Waals surface area contributed by atoms with E-state index >= 15 is 0 Å². The van der Waals surface area contributed by atoms with Gasteiger partial charge in [0.1, 0.15) is 11.5 Å². The van der Waals surface area contributed by atoms with Gasteiger partial charge in [0.25, 0.3) is 0 Å². The van der Waals surface area contributed by atoms with Crippen molar-refractivity contribution in [1.29, 1.82) is 0 Å². The van der Waals surface area contributed by atoms with Crippen molar-refractivity contribution in [2.75, 3.05) is 6.61 Å². The van der Waals surface area contributed by atoms with Crippen molar-refractivity contribution >= 4 is 11.7 Å². The molecule has 0 bridgehead atoms. The van der Waals surface area contributed by atoms with Gasteiger partial charge in [0.2, 0.25) is 5.91 Å². The third-order valence-electron chi connectivity index (χ3n) is 2.91. The zero-order valence-corrected chi connectivity index (χ0v) is 11.9. The molecular weight excluding hydrogens is 308 g/mol. The van der Waals surface area contributed by atoms with Crippen LogP contribution in [0.25, 0.3) is 0 Å². The number of nitrogens with two attached hydrogens (primary N) is 1. The van der Waals surface area contributed by atoms with Gasteiger partial charge >= 0.3 is 6.61 Å². The number of carbonyl (C=O) groups is 2.